The Balaban J connectivity index is 4.48. The number of aliphatic hydroxyl groups is 1. The summed E-state index contributed by atoms with van der Waals surface area (Å²) in [6.45, 7) is 2.85. The Kier molecular flexibility index (Phi) is 5.40. The first-order valence-electron chi connectivity index (χ1n) is 4.32. The summed E-state index contributed by atoms with van der Waals surface area (Å²) in [7, 11) is 1.22. The molecule has 0 saturated carbocycles. The van der Waals surface area contributed by atoms with Gasteiger partial charge in [-0.15, -0.1) is 0 Å². The summed E-state index contributed by atoms with van der Waals surface area (Å²) in [5, 5.41) is 20.3. The summed E-state index contributed by atoms with van der Waals surface area (Å²) in [6, 6.07) is -1.15. The lowest BCUT2D eigenvalue weighted by Gasteiger charge is -2.18. The summed E-state index contributed by atoms with van der Waals surface area (Å²) in [4.78, 5) is 21.5. The smallest absolute Gasteiger partial charge is 0.332 e. The summed E-state index contributed by atoms with van der Waals surface area (Å²) < 4.78 is 4.36. The van der Waals surface area contributed by atoms with Crippen molar-refractivity contribution in [1.82, 2.24) is 5.32 Å². The van der Waals surface area contributed by atoms with Crippen molar-refractivity contribution in [3.8, 4) is 0 Å². The highest BCUT2D eigenvalue weighted by Gasteiger charge is 2.22. The minimum atomic E-state index is -1.19. The van der Waals surface area contributed by atoms with Crippen LogP contribution in [0.1, 0.15) is 13.8 Å². The zero-order chi connectivity index (χ0) is 12.0. The van der Waals surface area contributed by atoms with Crippen molar-refractivity contribution in [2.45, 2.75) is 26.0 Å². The Morgan fingerprint density at radius 1 is 1.47 bits per heavy atom. The van der Waals surface area contributed by atoms with Gasteiger partial charge in [-0.05, 0) is 13.8 Å². The highest BCUT2D eigenvalue weighted by molar-refractivity contribution is 5.82. The summed E-state index contributed by atoms with van der Waals surface area (Å²) in [5.74, 6) is -1.78. The molecule has 2 atom stereocenters. The molecule has 15 heavy (non-hydrogen) atoms. The maximum atomic E-state index is 10.8. The third kappa shape index (κ3) is 5.02. The molecule has 0 heterocycles. The summed E-state index contributed by atoms with van der Waals surface area (Å²) in [5.41, 5.74) is 0.315. The normalized spacial score (nSPS) is 15.3. The van der Waals surface area contributed by atoms with E-state index in [-0.39, 0.29) is 0 Å². The monoisotopic (exact) mass is 217 g/mol. The predicted octanol–water partition coefficient (Wildman–Crippen LogP) is -0.513. The van der Waals surface area contributed by atoms with E-state index in [1.807, 2.05) is 0 Å². The van der Waals surface area contributed by atoms with Crippen molar-refractivity contribution in [2.75, 3.05) is 7.11 Å². The molecule has 6 nitrogen and oxygen atoms in total. The lowest BCUT2D eigenvalue weighted by atomic mass is 10.2. The van der Waals surface area contributed by atoms with Gasteiger partial charge >= 0.3 is 11.9 Å². The number of ether oxygens (including phenoxy) is 1. The number of carbonyl (C=O) groups is 2. The van der Waals surface area contributed by atoms with Gasteiger partial charge in [0.15, 0.2) is 6.04 Å². The maximum absolute atomic E-state index is 10.8. The van der Waals surface area contributed by atoms with Gasteiger partial charge in [-0.1, -0.05) is 0 Å². The van der Waals surface area contributed by atoms with Gasteiger partial charge in [0.2, 0.25) is 0 Å². The van der Waals surface area contributed by atoms with Crippen LogP contribution < -0.4 is 5.32 Å². The van der Waals surface area contributed by atoms with Gasteiger partial charge in [0.05, 0.1) is 13.2 Å². The van der Waals surface area contributed by atoms with Gasteiger partial charge in [-0.3, -0.25) is 0 Å². The maximum Gasteiger partial charge on any atom is 0.332 e. The number of esters is 1. The molecule has 3 N–H and O–H groups in total. The molecule has 0 amide bonds. The Hall–Kier alpha value is -1.56. The third-order valence-corrected chi connectivity index (χ3v) is 1.67. The Bertz CT molecular complexity index is 272. The zero-order valence-corrected chi connectivity index (χ0v) is 8.85. The number of carboxylic acid groups (broad SMARTS) is 1. The molecule has 0 aliphatic carbocycles. The van der Waals surface area contributed by atoms with Gasteiger partial charge in [0, 0.05) is 11.8 Å². The number of aliphatic hydroxyl groups excluding tert-OH is 1. The molecule has 0 radical (unpaired) electrons. The van der Waals surface area contributed by atoms with Crippen molar-refractivity contribution >= 4 is 11.9 Å². The topological polar surface area (TPSA) is 95.9 Å². The number of aliphatic carboxylic acids is 1. The fourth-order valence-corrected chi connectivity index (χ4v) is 0.911. The minimum absolute atomic E-state index is 0.315. The van der Waals surface area contributed by atoms with E-state index < -0.39 is 24.1 Å². The quantitative estimate of drug-likeness (QED) is 0.424. The molecule has 0 aromatic rings. The van der Waals surface area contributed by atoms with E-state index in [9.17, 15) is 9.59 Å². The molecule has 0 aliphatic heterocycles. The molecule has 0 aromatic heterocycles. The number of nitrogens with one attached hydrogen (secondary N) is 1. The van der Waals surface area contributed by atoms with Crippen molar-refractivity contribution in [3.63, 3.8) is 0 Å². The van der Waals surface area contributed by atoms with Gasteiger partial charge in [-0.2, -0.15) is 0 Å². The van der Waals surface area contributed by atoms with Crippen LogP contribution in [0, 0.1) is 0 Å². The van der Waals surface area contributed by atoms with Crippen LogP contribution in [0.25, 0.3) is 0 Å². The number of methoxy groups -OCH3 is 1. The Morgan fingerprint density at radius 3 is 2.33 bits per heavy atom. The lowest BCUT2D eigenvalue weighted by Crippen LogP contribution is -2.43. The lowest BCUT2D eigenvalue weighted by molar-refractivity contribution is -0.142. The molecule has 86 valence electrons. The Labute approximate surface area is 87.5 Å². The fraction of sp³-hybridized carbons (Fsp3) is 0.556. The van der Waals surface area contributed by atoms with Crippen LogP contribution in [0.15, 0.2) is 11.8 Å². The third-order valence-electron chi connectivity index (χ3n) is 1.67. The van der Waals surface area contributed by atoms with E-state index in [0.717, 1.165) is 6.08 Å². The first kappa shape index (κ1) is 13.4. The average Bonchev–Trinajstić information content (AvgIpc) is 2.12. The minimum Gasteiger partial charge on any atom is -0.480 e. The van der Waals surface area contributed by atoms with Crippen LogP contribution in [0.4, 0.5) is 0 Å². The Morgan fingerprint density at radius 2 is 2.00 bits per heavy atom. The van der Waals surface area contributed by atoms with E-state index >= 15 is 0 Å². The second-order valence-electron chi connectivity index (χ2n) is 3.05. The SMILES string of the molecule is COC(=O)C=C(C)N[C@@H](C(=O)O)[C@H](C)O. The van der Waals surface area contributed by atoms with E-state index in [4.69, 9.17) is 10.2 Å². The molecule has 0 rings (SSSR count). The number of hydrogen-bond acceptors (Lipinski definition) is 5. The number of allylic oxidation sites excluding steroid dienone is 1. The molecule has 0 fully saturated rings. The largest absolute Gasteiger partial charge is 0.480 e. The second kappa shape index (κ2) is 6.02. The average molecular weight is 217 g/mol. The van der Waals surface area contributed by atoms with Crippen LogP contribution in [-0.4, -0.2) is 41.4 Å². The molecule has 0 saturated heterocycles. The van der Waals surface area contributed by atoms with Crippen molar-refractivity contribution in [1.29, 1.82) is 0 Å². The highest BCUT2D eigenvalue weighted by atomic mass is 16.5. The van der Waals surface area contributed by atoms with Crippen LogP contribution in [0.3, 0.4) is 0 Å². The van der Waals surface area contributed by atoms with Crippen molar-refractivity contribution in [3.05, 3.63) is 11.8 Å². The van der Waals surface area contributed by atoms with Gasteiger partial charge in [-0.25, -0.2) is 9.59 Å². The molecule has 0 aliphatic rings. The molecular weight excluding hydrogens is 202 g/mol. The zero-order valence-electron chi connectivity index (χ0n) is 8.85. The number of carbonyl (C=O) groups excluding carboxylic acids is 1. The highest BCUT2D eigenvalue weighted by Crippen LogP contribution is 1.98. The van der Waals surface area contributed by atoms with Gasteiger partial charge < -0.3 is 20.3 Å². The number of rotatable bonds is 5. The molecule has 0 spiro atoms. The van der Waals surface area contributed by atoms with Gasteiger partial charge in [0.25, 0.3) is 0 Å². The van der Waals surface area contributed by atoms with E-state index in [2.05, 4.69) is 10.1 Å². The first-order valence-corrected chi connectivity index (χ1v) is 4.32. The van der Waals surface area contributed by atoms with Crippen molar-refractivity contribution in [2.24, 2.45) is 0 Å². The van der Waals surface area contributed by atoms with Crippen LogP contribution >= 0.6 is 0 Å². The van der Waals surface area contributed by atoms with Crippen LogP contribution in [0.5, 0.6) is 0 Å². The number of hydrogen-bond donors (Lipinski definition) is 3. The van der Waals surface area contributed by atoms with E-state index in [1.54, 1.807) is 0 Å². The molecule has 0 aromatic carbocycles. The number of carboxylic acids is 1. The molecular formula is C9H15NO5. The van der Waals surface area contributed by atoms with E-state index in [0.29, 0.717) is 5.70 Å². The molecule has 0 bridgehead atoms. The second-order valence-corrected chi connectivity index (χ2v) is 3.05. The van der Waals surface area contributed by atoms with Crippen molar-refractivity contribution < 1.29 is 24.5 Å². The fourth-order valence-electron chi connectivity index (χ4n) is 0.911. The molecule has 0 unspecified atom stereocenters. The summed E-state index contributed by atoms with van der Waals surface area (Å²) >= 11 is 0. The van der Waals surface area contributed by atoms with Crippen LogP contribution in [-0.2, 0) is 14.3 Å². The van der Waals surface area contributed by atoms with Gasteiger partial charge in [0.1, 0.15) is 0 Å². The standard InChI is InChI=1S/C9H15NO5/c1-5(4-7(12)15-3)10-8(6(2)11)9(13)14/h4,6,8,10-11H,1-3H3,(H,13,14)/t6-,8+/m0/s1. The van der Waals surface area contributed by atoms with E-state index in [1.165, 1.54) is 21.0 Å². The first-order chi connectivity index (χ1) is 6.88. The predicted molar refractivity (Wildman–Crippen MR) is 52.0 cm³/mol. The van der Waals surface area contributed by atoms with Crippen LogP contribution in [0.2, 0.25) is 0 Å². The molecule has 6 heteroatoms. The summed E-state index contributed by atoms with van der Waals surface area (Å²) in [6.07, 6.45) is 0.0432.